The molecular weight excluding hydrogens is 283 g/mol. The van der Waals surface area contributed by atoms with Gasteiger partial charge >= 0.3 is 0 Å². The van der Waals surface area contributed by atoms with Crippen LogP contribution in [0.3, 0.4) is 0 Å². The van der Waals surface area contributed by atoms with Crippen molar-refractivity contribution in [1.82, 2.24) is 0 Å². The van der Waals surface area contributed by atoms with Gasteiger partial charge in [-0.05, 0) is 17.6 Å². The van der Waals surface area contributed by atoms with Crippen molar-refractivity contribution in [2.45, 2.75) is 6.42 Å². The molecule has 96 valence electrons. The molecule has 0 amide bonds. The molecule has 0 aromatic rings. The second-order valence-electron chi connectivity index (χ2n) is 3.62. The van der Waals surface area contributed by atoms with Crippen molar-refractivity contribution in [1.29, 1.82) is 0 Å². The van der Waals surface area contributed by atoms with Crippen LogP contribution in [0.5, 0.6) is 0 Å². The molecule has 0 aromatic heterocycles. The van der Waals surface area contributed by atoms with E-state index in [1.165, 1.54) is 6.08 Å². The van der Waals surface area contributed by atoms with E-state index >= 15 is 0 Å². The third-order valence-electron chi connectivity index (χ3n) is 2.32. The maximum absolute atomic E-state index is 11.5. The molecule has 0 fully saturated rings. The lowest BCUT2D eigenvalue weighted by molar-refractivity contribution is -0.111. The van der Waals surface area contributed by atoms with Crippen molar-refractivity contribution in [3.63, 3.8) is 0 Å². The Labute approximate surface area is 121 Å². The molecule has 0 bridgehead atoms. The SMILES string of the molecule is C#CC(=O)C1=CC=CC=C(/C=C/C(=O)/C(Cl)=C/Cl)C1. The van der Waals surface area contributed by atoms with Crippen molar-refractivity contribution in [3.8, 4) is 12.3 Å². The van der Waals surface area contributed by atoms with Crippen LogP contribution in [0.25, 0.3) is 0 Å². The van der Waals surface area contributed by atoms with Crippen molar-refractivity contribution in [2.24, 2.45) is 0 Å². The number of hydrogen-bond acceptors (Lipinski definition) is 2. The fourth-order valence-electron chi connectivity index (χ4n) is 1.37. The average Bonchev–Trinajstić information content (AvgIpc) is 2.68. The van der Waals surface area contributed by atoms with E-state index in [1.807, 2.05) is 0 Å². The van der Waals surface area contributed by atoms with E-state index in [-0.39, 0.29) is 10.8 Å². The fourth-order valence-corrected chi connectivity index (χ4v) is 1.54. The highest BCUT2D eigenvalue weighted by Crippen LogP contribution is 2.17. The zero-order valence-electron chi connectivity index (χ0n) is 9.90. The second-order valence-corrected chi connectivity index (χ2v) is 4.25. The summed E-state index contributed by atoms with van der Waals surface area (Å²) >= 11 is 10.9. The number of Topliss-reactive ketones (excluding diaryl/α,β-unsaturated/α-hetero) is 1. The van der Waals surface area contributed by atoms with Gasteiger partial charge in [0.25, 0.3) is 0 Å². The van der Waals surface area contributed by atoms with Crippen LogP contribution in [-0.2, 0) is 9.59 Å². The van der Waals surface area contributed by atoms with Gasteiger partial charge in [-0.1, -0.05) is 53.6 Å². The highest BCUT2D eigenvalue weighted by Gasteiger charge is 2.09. The quantitative estimate of drug-likeness (QED) is 0.452. The maximum Gasteiger partial charge on any atom is 0.231 e. The Morgan fingerprint density at radius 3 is 2.63 bits per heavy atom. The van der Waals surface area contributed by atoms with Crippen molar-refractivity contribution in [2.75, 3.05) is 0 Å². The van der Waals surface area contributed by atoms with Gasteiger partial charge in [0.05, 0.1) is 5.03 Å². The highest BCUT2D eigenvalue weighted by atomic mass is 35.5. The number of hydrogen-bond donors (Lipinski definition) is 0. The molecule has 2 nitrogen and oxygen atoms in total. The predicted octanol–water partition coefficient (Wildman–Crippen LogP) is 3.45. The monoisotopic (exact) mass is 292 g/mol. The summed E-state index contributed by atoms with van der Waals surface area (Å²) in [6.45, 7) is 0. The van der Waals surface area contributed by atoms with Gasteiger partial charge in [0.15, 0.2) is 5.78 Å². The molecule has 0 aliphatic heterocycles. The van der Waals surface area contributed by atoms with E-state index < -0.39 is 5.78 Å². The minimum Gasteiger partial charge on any atom is -0.288 e. The van der Waals surface area contributed by atoms with Crippen LogP contribution in [-0.4, -0.2) is 11.6 Å². The van der Waals surface area contributed by atoms with E-state index in [1.54, 1.807) is 30.4 Å². The lowest BCUT2D eigenvalue weighted by Gasteiger charge is -2.01. The summed E-state index contributed by atoms with van der Waals surface area (Å²) in [5, 5.41) is -0.0712. The van der Waals surface area contributed by atoms with Crippen LogP contribution >= 0.6 is 23.2 Å². The van der Waals surface area contributed by atoms with Gasteiger partial charge in [0.2, 0.25) is 5.78 Å². The number of ketones is 2. The minimum atomic E-state index is -0.403. The van der Waals surface area contributed by atoms with Crippen LogP contribution in [0.2, 0.25) is 0 Å². The van der Waals surface area contributed by atoms with Crippen LogP contribution in [0.4, 0.5) is 0 Å². The van der Waals surface area contributed by atoms with Crippen LogP contribution in [0.15, 0.2) is 58.2 Å². The molecule has 1 aliphatic rings. The number of rotatable bonds is 4. The molecule has 0 N–H and O–H groups in total. The number of carbonyl (C=O) groups excluding carboxylic acids is 2. The Hall–Kier alpha value is -1.82. The molecule has 0 saturated heterocycles. The summed E-state index contributed by atoms with van der Waals surface area (Å²) < 4.78 is 0. The number of carbonyl (C=O) groups is 2. The molecule has 1 aliphatic carbocycles. The zero-order chi connectivity index (χ0) is 14.3. The first-order chi connectivity index (χ1) is 9.08. The van der Waals surface area contributed by atoms with Gasteiger partial charge in [-0.15, -0.1) is 6.42 Å². The Balaban J connectivity index is 2.84. The zero-order valence-corrected chi connectivity index (χ0v) is 11.4. The standard InChI is InChI=1S/C15H10Cl2O2/c1-2-14(18)12-6-4-3-5-11(9-12)7-8-15(19)13(17)10-16/h1,3-8,10H,9H2/b8-7+,13-10-. The first-order valence-corrected chi connectivity index (χ1v) is 6.15. The number of terminal acetylenes is 1. The van der Waals surface area contributed by atoms with Crippen molar-refractivity contribution < 1.29 is 9.59 Å². The Kier molecular flexibility index (Phi) is 6.08. The fraction of sp³-hybridized carbons (Fsp3) is 0.0667. The molecule has 19 heavy (non-hydrogen) atoms. The molecular formula is C15H10Cl2O2. The Morgan fingerprint density at radius 2 is 2.00 bits per heavy atom. The van der Waals surface area contributed by atoms with E-state index in [0.29, 0.717) is 12.0 Å². The van der Waals surface area contributed by atoms with Gasteiger partial charge < -0.3 is 0 Å². The summed E-state index contributed by atoms with van der Waals surface area (Å²) in [5.41, 5.74) is 2.28. The summed E-state index contributed by atoms with van der Waals surface area (Å²) in [6, 6.07) is 0. The Bertz CT molecular complexity index is 582. The van der Waals surface area contributed by atoms with Crippen LogP contribution in [0, 0.1) is 12.3 Å². The largest absolute Gasteiger partial charge is 0.288 e. The van der Waals surface area contributed by atoms with Crippen LogP contribution in [0.1, 0.15) is 6.42 Å². The summed E-state index contributed by atoms with van der Waals surface area (Å²) in [7, 11) is 0. The molecule has 0 spiro atoms. The Morgan fingerprint density at radius 1 is 1.32 bits per heavy atom. The molecule has 0 unspecified atom stereocenters. The van der Waals surface area contributed by atoms with E-state index in [4.69, 9.17) is 29.6 Å². The van der Waals surface area contributed by atoms with Gasteiger partial charge in [-0.25, -0.2) is 0 Å². The topological polar surface area (TPSA) is 34.1 Å². The number of halogens is 2. The lowest BCUT2D eigenvalue weighted by Crippen LogP contribution is -1.99. The molecule has 0 atom stereocenters. The van der Waals surface area contributed by atoms with Crippen LogP contribution < -0.4 is 0 Å². The third kappa shape index (κ3) is 4.75. The number of allylic oxidation sites excluding steroid dienone is 9. The summed E-state index contributed by atoms with van der Waals surface area (Å²) in [6.07, 6.45) is 15.3. The lowest BCUT2D eigenvalue weighted by atomic mass is 10.0. The highest BCUT2D eigenvalue weighted by molar-refractivity contribution is 6.48. The molecule has 4 heteroatoms. The van der Waals surface area contributed by atoms with E-state index in [0.717, 1.165) is 11.1 Å². The summed E-state index contributed by atoms with van der Waals surface area (Å²) in [5.74, 6) is 1.30. The predicted molar refractivity (Wildman–Crippen MR) is 77.7 cm³/mol. The van der Waals surface area contributed by atoms with Crippen molar-refractivity contribution in [3.05, 3.63) is 58.2 Å². The van der Waals surface area contributed by atoms with Gasteiger partial charge in [0, 0.05) is 17.5 Å². The smallest absolute Gasteiger partial charge is 0.231 e. The third-order valence-corrected chi connectivity index (χ3v) is 2.94. The first kappa shape index (κ1) is 15.2. The van der Waals surface area contributed by atoms with E-state index in [9.17, 15) is 9.59 Å². The van der Waals surface area contributed by atoms with Gasteiger partial charge in [0.1, 0.15) is 0 Å². The van der Waals surface area contributed by atoms with Crippen molar-refractivity contribution >= 4 is 34.8 Å². The second kappa shape index (κ2) is 7.58. The van der Waals surface area contributed by atoms with Gasteiger partial charge in [-0.3, -0.25) is 9.59 Å². The normalized spacial score (nSPS) is 15.5. The first-order valence-electron chi connectivity index (χ1n) is 5.34. The minimum absolute atomic E-state index is 0.0712. The molecule has 0 saturated carbocycles. The molecule has 0 aromatic carbocycles. The molecule has 1 rings (SSSR count). The summed E-state index contributed by atoms with van der Waals surface area (Å²) in [4.78, 5) is 22.9. The van der Waals surface area contributed by atoms with Gasteiger partial charge in [-0.2, -0.15) is 0 Å². The average molecular weight is 293 g/mol. The molecule has 0 heterocycles. The molecule has 0 radical (unpaired) electrons. The maximum atomic E-state index is 11.5. The van der Waals surface area contributed by atoms with E-state index in [2.05, 4.69) is 5.92 Å².